The molecule has 0 fully saturated rings. The third-order valence-electron chi connectivity index (χ3n) is 3.78. The molecule has 0 aliphatic heterocycles. The number of carbonyl (C=O) groups excluding carboxylic acids is 1. The van der Waals surface area contributed by atoms with Crippen LogP contribution in [0.15, 0.2) is 53.6 Å². The Morgan fingerprint density at radius 1 is 1.28 bits per heavy atom. The summed E-state index contributed by atoms with van der Waals surface area (Å²) in [5.74, 6) is 0.464. The number of furan rings is 1. The molecule has 0 aliphatic carbocycles. The fourth-order valence-electron chi connectivity index (χ4n) is 2.54. The summed E-state index contributed by atoms with van der Waals surface area (Å²) in [4.78, 5) is 20.6. The number of nitrogens with one attached hydrogen (secondary N) is 1. The first-order chi connectivity index (χ1) is 12.1. The van der Waals surface area contributed by atoms with Crippen molar-refractivity contribution in [3.05, 3.63) is 65.5 Å². The lowest BCUT2D eigenvalue weighted by atomic mass is 10.1. The predicted molar refractivity (Wildman–Crippen MR) is 93.1 cm³/mol. The number of rotatable bonds is 3. The topological polar surface area (TPSA) is 85.8 Å². The molecule has 3 heterocycles. The van der Waals surface area contributed by atoms with Gasteiger partial charge in [0.05, 0.1) is 16.9 Å². The van der Waals surface area contributed by atoms with Gasteiger partial charge in [-0.15, -0.1) is 0 Å². The third-order valence-corrected chi connectivity index (χ3v) is 4.08. The standard InChI is InChI=1S/C17H12ClN5O2/c1-10-12-3-2-4-13(18)16(12)25-15(10)17(24)22-11-5-6-14(20-7-11)23-9-19-8-21-23/h2-9H,1H3,(H,22,24). The number of benzene rings is 1. The summed E-state index contributed by atoms with van der Waals surface area (Å²) in [6, 6.07) is 8.87. The van der Waals surface area contributed by atoms with Gasteiger partial charge in [-0.2, -0.15) is 5.10 Å². The van der Waals surface area contributed by atoms with Crippen molar-refractivity contribution in [1.29, 1.82) is 0 Å². The van der Waals surface area contributed by atoms with Gasteiger partial charge in [0, 0.05) is 10.9 Å². The van der Waals surface area contributed by atoms with E-state index in [0.29, 0.717) is 22.1 Å². The quantitative estimate of drug-likeness (QED) is 0.608. The smallest absolute Gasteiger partial charge is 0.291 e. The Balaban J connectivity index is 1.60. The van der Waals surface area contributed by atoms with Gasteiger partial charge in [0.15, 0.2) is 17.2 Å². The second kappa shape index (κ2) is 6.03. The molecule has 4 aromatic rings. The second-order valence-corrected chi connectivity index (χ2v) is 5.78. The number of anilines is 1. The highest BCUT2D eigenvalue weighted by molar-refractivity contribution is 6.35. The number of halogens is 1. The summed E-state index contributed by atoms with van der Waals surface area (Å²) >= 11 is 6.12. The highest BCUT2D eigenvalue weighted by Crippen LogP contribution is 2.31. The zero-order valence-electron chi connectivity index (χ0n) is 13.1. The second-order valence-electron chi connectivity index (χ2n) is 5.37. The number of aromatic nitrogens is 4. The lowest BCUT2D eigenvalue weighted by molar-refractivity contribution is 0.0998. The molecule has 0 unspecified atom stereocenters. The molecule has 0 aliphatic rings. The van der Waals surface area contributed by atoms with Crippen LogP contribution in [0.3, 0.4) is 0 Å². The van der Waals surface area contributed by atoms with Crippen molar-refractivity contribution >= 4 is 34.2 Å². The van der Waals surface area contributed by atoms with E-state index in [0.717, 1.165) is 10.9 Å². The van der Waals surface area contributed by atoms with Gasteiger partial charge in [0.1, 0.15) is 12.7 Å². The molecule has 1 amide bonds. The van der Waals surface area contributed by atoms with Crippen LogP contribution in [0.25, 0.3) is 16.8 Å². The van der Waals surface area contributed by atoms with E-state index >= 15 is 0 Å². The van der Waals surface area contributed by atoms with Gasteiger partial charge in [-0.1, -0.05) is 23.7 Å². The zero-order chi connectivity index (χ0) is 17.4. The summed E-state index contributed by atoms with van der Waals surface area (Å²) in [5, 5.41) is 8.05. The van der Waals surface area contributed by atoms with Crippen LogP contribution < -0.4 is 5.32 Å². The first-order valence-electron chi connectivity index (χ1n) is 7.43. The Morgan fingerprint density at radius 3 is 2.84 bits per heavy atom. The van der Waals surface area contributed by atoms with Crippen molar-refractivity contribution in [2.45, 2.75) is 6.92 Å². The maximum Gasteiger partial charge on any atom is 0.291 e. The largest absolute Gasteiger partial charge is 0.449 e. The fraction of sp³-hybridized carbons (Fsp3) is 0.0588. The molecule has 0 radical (unpaired) electrons. The van der Waals surface area contributed by atoms with E-state index in [1.807, 2.05) is 19.1 Å². The molecule has 3 aromatic heterocycles. The number of hydrogen-bond donors (Lipinski definition) is 1. The van der Waals surface area contributed by atoms with Crippen molar-refractivity contribution in [3.63, 3.8) is 0 Å². The van der Waals surface area contributed by atoms with Gasteiger partial charge in [-0.25, -0.2) is 14.6 Å². The first-order valence-corrected chi connectivity index (χ1v) is 7.81. The van der Waals surface area contributed by atoms with Crippen molar-refractivity contribution in [2.24, 2.45) is 0 Å². The van der Waals surface area contributed by atoms with E-state index in [9.17, 15) is 4.79 Å². The van der Waals surface area contributed by atoms with Crippen molar-refractivity contribution in [3.8, 4) is 5.82 Å². The van der Waals surface area contributed by atoms with Crippen molar-refractivity contribution in [2.75, 3.05) is 5.32 Å². The number of pyridine rings is 1. The molecule has 4 rings (SSSR count). The average Bonchev–Trinajstić information content (AvgIpc) is 3.25. The van der Waals surface area contributed by atoms with Crippen molar-refractivity contribution in [1.82, 2.24) is 19.7 Å². The zero-order valence-corrected chi connectivity index (χ0v) is 13.9. The van der Waals surface area contributed by atoms with Gasteiger partial charge < -0.3 is 9.73 Å². The van der Waals surface area contributed by atoms with Crippen LogP contribution in [-0.4, -0.2) is 25.7 Å². The SMILES string of the molecule is Cc1c(C(=O)Nc2ccc(-n3cncn3)nc2)oc2c(Cl)cccc12. The Hall–Kier alpha value is -3.19. The molecule has 0 saturated heterocycles. The van der Waals surface area contributed by atoms with E-state index in [2.05, 4.69) is 20.4 Å². The number of nitrogens with zero attached hydrogens (tertiary/aromatic N) is 4. The van der Waals surface area contributed by atoms with Gasteiger partial charge in [-0.3, -0.25) is 4.79 Å². The molecule has 0 saturated carbocycles. The van der Waals surface area contributed by atoms with E-state index in [4.69, 9.17) is 16.0 Å². The lowest BCUT2D eigenvalue weighted by Gasteiger charge is -2.05. The molecule has 7 nitrogen and oxygen atoms in total. The monoisotopic (exact) mass is 353 g/mol. The van der Waals surface area contributed by atoms with Gasteiger partial charge in [0.25, 0.3) is 5.91 Å². The number of amides is 1. The number of aryl methyl sites for hydroxylation is 1. The van der Waals surface area contributed by atoms with Crippen LogP contribution in [-0.2, 0) is 0 Å². The van der Waals surface area contributed by atoms with Gasteiger partial charge in [-0.05, 0) is 25.1 Å². The summed E-state index contributed by atoms with van der Waals surface area (Å²) in [6.07, 6.45) is 4.51. The van der Waals surface area contributed by atoms with E-state index < -0.39 is 0 Å². The molecule has 1 aromatic carbocycles. The van der Waals surface area contributed by atoms with E-state index in [1.165, 1.54) is 11.0 Å². The fourth-order valence-corrected chi connectivity index (χ4v) is 2.75. The van der Waals surface area contributed by atoms with Gasteiger partial charge in [0.2, 0.25) is 0 Å². The number of hydrogen-bond acceptors (Lipinski definition) is 5. The maximum atomic E-state index is 12.5. The normalized spacial score (nSPS) is 11.0. The molecule has 0 atom stereocenters. The Labute approximate surface area is 147 Å². The molecule has 25 heavy (non-hydrogen) atoms. The van der Waals surface area contributed by atoms with Crippen LogP contribution in [0.1, 0.15) is 16.1 Å². The number of fused-ring (bicyclic) bond motifs is 1. The predicted octanol–water partition coefficient (Wildman–Crippen LogP) is 3.62. The van der Waals surface area contributed by atoms with Crippen LogP contribution in [0.5, 0.6) is 0 Å². The first kappa shape index (κ1) is 15.3. The highest BCUT2D eigenvalue weighted by atomic mass is 35.5. The van der Waals surface area contributed by atoms with Crippen LogP contribution >= 0.6 is 11.6 Å². The Morgan fingerprint density at radius 2 is 2.16 bits per heavy atom. The van der Waals surface area contributed by atoms with Crippen LogP contribution in [0.4, 0.5) is 5.69 Å². The lowest BCUT2D eigenvalue weighted by Crippen LogP contribution is -2.12. The maximum absolute atomic E-state index is 12.5. The molecule has 124 valence electrons. The highest BCUT2D eigenvalue weighted by Gasteiger charge is 2.19. The van der Waals surface area contributed by atoms with Gasteiger partial charge >= 0.3 is 0 Å². The summed E-state index contributed by atoms with van der Waals surface area (Å²) in [7, 11) is 0. The Bertz CT molecular complexity index is 1050. The third kappa shape index (κ3) is 2.74. The molecular weight excluding hydrogens is 342 g/mol. The molecule has 0 spiro atoms. The molecule has 1 N–H and O–H groups in total. The van der Waals surface area contributed by atoms with Crippen molar-refractivity contribution < 1.29 is 9.21 Å². The minimum atomic E-state index is -0.361. The molecule has 0 bridgehead atoms. The Kier molecular flexibility index (Phi) is 3.70. The number of para-hydroxylation sites is 1. The summed E-state index contributed by atoms with van der Waals surface area (Å²) in [6.45, 7) is 1.82. The number of carbonyl (C=O) groups is 1. The van der Waals surface area contributed by atoms with Crippen LogP contribution in [0.2, 0.25) is 5.02 Å². The average molecular weight is 354 g/mol. The minimum absolute atomic E-state index is 0.225. The minimum Gasteiger partial charge on any atom is -0.449 e. The van der Waals surface area contributed by atoms with E-state index in [-0.39, 0.29) is 11.7 Å². The van der Waals surface area contributed by atoms with E-state index in [1.54, 1.807) is 30.7 Å². The van der Waals surface area contributed by atoms with Crippen LogP contribution in [0, 0.1) is 6.92 Å². The molecule has 8 heteroatoms. The summed E-state index contributed by atoms with van der Waals surface area (Å²) in [5.41, 5.74) is 1.79. The molecular formula is C17H12ClN5O2. The summed E-state index contributed by atoms with van der Waals surface area (Å²) < 4.78 is 7.18.